The molecule has 0 spiro atoms. The lowest BCUT2D eigenvalue weighted by molar-refractivity contribution is 0.238. The van der Waals surface area contributed by atoms with Crippen LogP contribution < -0.4 is 10.1 Å². The van der Waals surface area contributed by atoms with Gasteiger partial charge in [0.15, 0.2) is 0 Å². The number of hydrogen-bond donors (Lipinski definition) is 2. The molecule has 4 rings (SSSR count). The first-order valence-electron chi connectivity index (χ1n) is 11.3. The number of anilines is 1. The fourth-order valence-electron chi connectivity index (χ4n) is 3.92. The lowest BCUT2D eigenvalue weighted by Gasteiger charge is -2.15. The number of imidazole rings is 1. The van der Waals surface area contributed by atoms with E-state index in [1.54, 1.807) is 0 Å². The van der Waals surface area contributed by atoms with Crippen LogP contribution in [0.4, 0.5) is 5.69 Å². The highest BCUT2D eigenvalue weighted by molar-refractivity contribution is 5.79. The molecule has 0 bridgehead atoms. The third-order valence-corrected chi connectivity index (χ3v) is 5.78. The molecule has 1 aliphatic rings. The van der Waals surface area contributed by atoms with Crippen LogP contribution >= 0.6 is 0 Å². The second-order valence-corrected chi connectivity index (χ2v) is 8.74. The Hall–Kier alpha value is -2.53. The van der Waals surface area contributed by atoms with Gasteiger partial charge in [-0.2, -0.15) is 0 Å². The lowest BCUT2D eigenvalue weighted by atomic mass is 10.1. The molecular formula is C25H34N4O. The van der Waals surface area contributed by atoms with Gasteiger partial charge in [-0.3, -0.25) is 4.90 Å². The van der Waals surface area contributed by atoms with E-state index in [0.29, 0.717) is 5.92 Å². The molecule has 5 nitrogen and oxygen atoms in total. The van der Waals surface area contributed by atoms with E-state index < -0.39 is 0 Å². The molecule has 2 N–H and O–H groups in total. The SMILES string of the molecule is CC(C)CCc1nc2ccc(NCc3ccc(OCCN4CCCC4)cc3)cc2[nH]1. The normalized spacial score (nSPS) is 14.6. The summed E-state index contributed by atoms with van der Waals surface area (Å²) in [6.45, 7) is 9.51. The molecule has 2 heterocycles. The second-order valence-electron chi connectivity index (χ2n) is 8.74. The predicted molar refractivity (Wildman–Crippen MR) is 124 cm³/mol. The first-order chi connectivity index (χ1) is 14.7. The summed E-state index contributed by atoms with van der Waals surface area (Å²) in [7, 11) is 0. The number of H-pyrrole nitrogens is 1. The Morgan fingerprint density at radius 2 is 1.90 bits per heavy atom. The zero-order chi connectivity index (χ0) is 20.8. The molecule has 0 atom stereocenters. The Bertz CT molecular complexity index is 926. The van der Waals surface area contributed by atoms with Gasteiger partial charge in [-0.1, -0.05) is 26.0 Å². The molecule has 3 aromatic rings. The molecule has 1 aliphatic heterocycles. The Labute approximate surface area is 179 Å². The van der Waals surface area contributed by atoms with Gasteiger partial charge >= 0.3 is 0 Å². The molecule has 0 saturated carbocycles. The summed E-state index contributed by atoms with van der Waals surface area (Å²) in [5.41, 5.74) is 4.48. The summed E-state index contributed by atoms with van der Waals surface area (Å²) < 4.78 is 5.90. The zero-order valence-corrected chi connectivity index (χ0v) is 18.3. The van der Waals surface area contributed by atoms with Crippen molar-refractivity contribution in [2.45, 2.75) is 46.1 Å². The standard InChI is InChI=1S/C25H34N4O/c1-19(2)5-12-25-27-23-11-8-21(17-24(23)28-25)26-18-20-6-9-22(10-7-20)30-16-15-29-13-3-4-14-29/h6-11,17,19,26H,3-5,12-16,18H2,1-2H3,(H,27,28). The summed E-state index contributed by atoms with van der Waals surface area (Å²) in [5.74, 6) is 2.72. The molecule has 0 unspecified atom stereocenters. The van der Waals surface area contributed by atoms with Gasteiger partial charge in [-0.15, -0.1) is 0 Å². The van der Waals surface area contributed by atoms with E-state index in [1.165, 1.54) is 31.5 Å². The van der Waals surface area contributed by atoms with Crippen molar-refractivity contribution in [1.29, 1.82) is 0 Å². The molecule has 0 radical (unpaired) electrons. The monoisotopic (exact) mass is 406 g/mol. The maximum atomic E-state index is 5.90. The highest BCUT2D eigenvalue weighted by Gasteiger charge is 2.10. The first kappa shape index (κ1) is 20.7. The molecule has 0 aliphatic carbocycles. The number of aromatic amines is 1. The van der Waals surface area contributed by atoms with Crippen LogP contribution in [-0.4, -0.2) is 41.1 Å². The number of likely N-dealkylation sites (tertiary alicyclic amines) is 1. The molecule has 1 saturated heterocycles. The smallest absolute Gasteiger partial charge is 0.119 e. The van der Waals surface area contributed by atoms with Gasteiger partial charge in [0.25, 0.3) is 0 Å². The predicted octanol–water partition coefficient (Wildman–Crippen LogP) is 5.24. The van der Waals surface area contributed by atoms with Crippen LogP contribution in [0.2, 0.25) is 0 Å². The van der Waals surface area contributed by atoms with Crippen molar-refractivity contribution < 1.29 is 4.74 Å². The van der Waals surface area contributed by atoms with E-state index in [2.05, 4.69) is 71.5 Å². The highest BCUT2D eigenvalue weighted by Crippen LogP contribution is 2.20. The van der Waals surface area contributed by atoms with E-state index in [-0.39, 0.29) is 0 Å². The number of hydrogen-bond acceptors (Lipinski definition) is 4. The number of nitrogens with one attached hydrogen (secondary N) is 2. The van der Waals surface area contributed by atoms with Crippen LogP contribution in [0.25, 0.3) is 11.0 Å². The minimum absolute atomic E-state index is 0.692. The molecule has 2 aromatic carbocycles. The van der Waals surface area contributed by atoms with Crippen LogP contribution in [0.5, 0.6) is 5.75 Å². The molecule has 160 valence electrons. The van der Waals surface area contributed by atoms with Crippen molar-refractivity contribution in [2.24, 2.45) is 5.92 Å². The quantitative estimate of drug-likeness (QED) is 0.484. The molecule has 1 aromatic heterocycles. The number of rotatable bonds is 10. The zero-order valence-electron chi connectivity index (χ0n) is 18.3. The van der Waals surface area contributed by atoms with E-state index >= 15 is 0 Å². The Kier molecular flexibility index (Phi) is 6.90. The van der Waals surface area contributed by atoms with Gasteiger partial charge in [0, 0.05) is 25.2 Å². The maximum absolute atomic E-state index is 5.90. The van der Waals surface area contributed by atoms with Crippen LogP contribution in [-0.2, 0) is 13.0 Å². The fourth-order valence-corrected chi connectivity index (χ4v) is 3.92. The van der Waals surface area contributed by atoms with E-state index in [1.807, 2.05) is 0 Å². The Morgan fingerprint density at radius 3 is 2.67 bits per heavy atom. The number of ether oxygens (including phenoxy) is 1. The average Bonchev–Trinajstić information content (AvgIpc) is 3.41. The van der Waals surface area contributed by atoms with Crippen molar-refractivity contribution in [3.63, 3.8) is 0 Å². The van der Waals surface area contributed by atoms with Gasteiger partial charge < -0.3 is 15.0 Å². The maximum Gasteiger partial charge on any atom is 0.119 e. The third-order valence-electron chi connectivity index (χ3n) is 5.78. The van der Waals surface area contributed by atoms with Gasteiger partial charge in [0.05, 0.1) is 11.0 Å². The topological polar surface area (TPSA) is 53.2 Å². The van der Waals surface area contributed by atoms with Crippen LogP contribution in [0, 0.1) is 5.92 Å². The molecular weight excluding hydrogens is 372 g/mol. The molecule has 5 heteroatoms. The van der Waals surface area contributed by atoms with Crippen molar-refractivity contribution >= 4 is 16.7 Å². The van der Waals surface area contributed by atoms with Crippen molar-refractivity contribution in [3.05, 3.63) is 53.9 Å². The third kappa shape index (κ3) is 5.76. The largest absolute Gasteiger partial charge is 0.492 e. The molecule has 1 fully saturated rings. The number of nitrogens with zero attached hydrogens (tertiary/aromatic N) is 2. The number of fused-ring (bicyclic) bond motifs is 1. The molecule has 0 amide bonds. The number of benzene rings is 2. The van der Waals surface area contributed by atoms with Gasteiger partial charge in [0.2, 0.25) is 0 Å². The average molecular weight is 407 g/mol. The minimum atomic E-state index is 0.692. The van der Waals surface area contributed by atoms with Crippen LogP contribution in [0.1, 0.15) is 44.5 Å². The highest BCUT2D eigenvalue weighted by atomic mass is 16.5. The first-order valence-corrected chi connectivity index (χ1v) is 11.3. The summed E-state index contributed by atoms with van der Waals surface area (Å²) in [5, 5.41) is 3.52. The van der Waals surface area contributed by atoms with Gasteiger partial charge in [0.1, 0.15) is 18.2 Å². The summed E-state index contributed by atoms with van der Waals surface area (Å²) in [6.07, 6.45) is 4.81. The van der Waals surface area contributed by atoms with Gasteiger partial charge in [-0.05, 0) is 74.2 Å². The van der Waals surface area contributed by atoms with Crippen LogP contribution in [0.15, 0.2) is 42.5 Å². The minimum Gasteiger partial charge on any atom is -0.492 e. The Morgan fingerprint density at radius 1 is 1.10 bits per heavy atom. The summed E-state index contributed by atoms with van der Waals surface area (Å²) in [4.78, 5) is 10.6. The molecule has 30 heavy (non-hydrogen) atoms. The van der Waals surface area contributed by atoms with Crippen molar-refractivity contribution in [2.75, 3.05) is 31.6 Å². The lowest BCUT2D eigenvalue weighted by Crippen LogP contribution is -2.25. The van der Waals surface area contributed by atoms with E-state index in [9.17, 15) is 0 Å². The van der Waals surface area contributed by atoms with Crippen molar-refractivity contribution in [3.8, 4) is 5.75 Å². The summed E-state index contributed by atoms with van der Waals surface area (Å²) in [6, 6.07) is 14.8. The Balaban J connectivity index is 1.26. The van der Waals surface area contributed by atoms with Crippen molar-refractivity contribution in [1.82, 2.24) is 14.9 Å². The fraction of sp³-hybridized carbons (Fsp3) is 0.480. The number of aryl methyl sites for hydroxylation is 1. The van der Waals surface area contributed by atoms with Gasteiger partial charge in [-0.25, -0.2) is 4.98 Å². The summed E-state index contributed by atoms with van der Waals surface area (Å²) >= 11 is 0. The van der Waals surface area contributed by atoms with E-state index in [4.69, 9.17) is 9.72 Å². The number of aromatic nitrogens is 2. The second kappa shape index (κ2) is 9.98. The van der Waals surface area contributed by atoms with E-state index in [0.717, 1.165) is 60.8 Å². The van der Waals surface area contributed by atoms with Crippen LogP contribution in [0.3, 0.4) is 0 Å².